The molecule has 0 aliphatic carbocycles. The van der Waals surface area contributed by atoms with Crippen LogP contribution in [-0.4, -0.2) is 0 Å². The molecule has 0 amide bonds. The lowest BCUT2D eigenvalue weighted by Crippen LogP contribution is -2.31. The SMILES string of the molecule is CC1(C)Oc2cc3c(cc2-c2ccccc21)OC(C)(C)c1ccccc1-3. The number of ether oxygens (including phenoxy) is 2. The monoisotopic (exact) mass is 342 g/mol. The van der Waals surface area contributed by atoms with Crippen LogP contribution in [0, 0.1) is 0 Å². The van der Waals surface area contributed by atoms with E-state index in [-0.39, 0.29) is 11.2 Å². The molecule has 5 rings (SSSR count). The van der Waals surface area contributed by atoms with E-state index in [4.69, 9.17) is 9.47 Å². The zero-order valence-corrected chi connectivity index (χ0v) is 15.6. The number of hydrogen-bond acceptors (Lipinski definition) is 2. The van der Waals surface area contributed by atoms with Gasteiger partial charge >= 0.3 is 0 Å². The summed E-state index contributed by atoms with van der Waals surface area (Å²) in [4.78, 5) is 0. The first-order chi connectivity index (χ1) is 12.4. The summed E-state index contributed by atoms with van der Waals surface area (Å²) in [5, 5.41) is 0. The van der Waals surface area contributed by atoms with Crippen molar-refractivity contribution in [3.05, 3.63) is 71.8 Å². The predicted molar refractivity (Wildman–Crippen MR) is 105 cm³/mol. The second kappa shape index (κ2) is 4.91. The van der Waals surface area contributed by atoms with E-state index in [9.17, 15) is 0 Å². The molecule has 130 valence electrons. The summed E-state index contributed by atoms with van der Waals surface area (Å²) in [6.07, 6.45) is 0. The van der Waals surface area contributed by atoms with E-state index in [1.165, 1.54) is 22.3 Å². The van der Waals surface area contributed by atoms with E-state index in [1.54, 1.807) is 0 Å². The molecule has 0 saturated carbocycles. The lowest BCUT2D eigenvalue weighted by Gasteiger charge is -2.38. The Kier molecular flexibility index (Phi) is 2.93. The van der Waals surface area contributed by atoms with Crippen molar-refractivity contribution in [2.75, 3.05) is 0 Å². The lowest BCUT2D eigenvalue weighted by atomic mass is 9.82. The molecule has 2 aliphatic heterocycles. The summed E-state index contributed by atoms with van der Waals surface area (Å²) in [6.45, 7) is 8.51. The van der Waals surface area contributed by atoms with Gasteiger partial charge in [0.1, 0.15) is 22.7 Å². The number of fused-ring (bicyclic) bond motifs is 6. The molecule has 26 heavy (non-hydrogen) atoms. The van der Waals surface area contributed by atoms with Crippen LogP contribution in [0.4, 0.5) is 0 Å². The van der Waals surface area contributed by atoms with Gasteiger partial charge in [-0.05, 0) is 51.0 Å². The average Bonchev–Trinajstić information content (AvgIpc) is 2.61. The zero-order chi connectivity index (χ0) is 18.1. The maximum Gasteiger partial charge on any atom is 0.129 e. The Morgan fingerprint density at radius 2 is 0.923 bits per heavy atom. The van der Waals surface area contributed by atoms with E-state index in [0.717, 1.165) is 22.6 Å². The van der Waals surface area contributed by atoms with Crippen LogP contribution in [0.5, 0.6) is 11.5 Å². The minimum atomic E-state index is -0.355. The third-order valence-corrected chi connectivity index (χ3v) is 5.54. The first kappa shape index (κ1) is 15.5. The Bertz CT molecular complexity index is 959. The van der Waals surface area contributed by atoms with Gasteiger partial charge in [-0.3, -0.25) is 0 Å². The van der Waals surface area contributed by atoms with E-state index in [2.05, 4.69) is 88.4 Å². The van der Waals surface area contributed by atoms with Crippen molar-refractivity contribution in [2.24, 2.45) is 0 Å². The van der Waals surface area contributed by atoms with Gasteiger partial charge in [-0.2, -0.15) is 0 Å². The molecule has 0 fully saturated rings. The first-order valence-corrected chi connectivity index (χ1v) is 9.13. The molecule has 0 unspecified atom stereocenters. The van der Waals surface area contributed by atoms with Crippen LogP contribution >= 0.6 is 0 Å². The third-order valence-electron chi connectivity index (χ3n) is 5.54. The van der Waals surface area contributed by atoms with Crippen LogP contribution in [0.25, 0.3) is 22.3 Å². The standard InChI is InChI=1S/C24H22O2/c1-23(2)19-11-7-5-9-15(19)17-14-22-18(13-21(17)25-23)16-10-6-8-12-20(16)24(3,4)26-22/h5-14H,1-4H3. The van der Waals surface area contributed by atoms with Gasteiger partial charge in [-0.15, -0.1) is 0 Å². The smallest absolute Gasteiger partial charge is 0.129 e. The van der Waals surface area contributed by atoms with Gasteiger partial charge in [-0.1, -0.05) is 48.5 Å². The quantitative estimate of drug-likeness (QED) is 0.479. The fraction of sp³-hybridized carbons (Fsp3) is 0.250. The van der Waals surface area contributed by atoms with Crippen molar-refractivity contribution in [2.45, 2.75) is 38.9 Å². The summed E-state index contributed by atoms with van der Waals surface area (Å²) in [5.74, 6) is 1.84. The summed E-state index contributed by atoms with van der Waals surface area (Å²) in [5.41, 5.74) is 6.37. The summed E-state index contributed by atoms with van der Waals surface area (Å²) in [7, 11) is 0. The Morgan fingerprint density at radius 3 is 1.35 bits per heavy atom. The lowest BCUT2D eigenvalue weighted by molar-refractivity contribution is 0.0995. The molecule has 2 heterocycles. The molecule has 0 aromatic heterocycles. The fourth-order valence-electron chi connectivity index (χ4n) is 4.30. The molecule has 0 radical (unpaired) electrons. The molecule has 0 spiro atoms. The van der Waals surface area contributed by atoms with Gasteiger partial charge in [0.05, 0.1) is 0 Å². The molecular formula is C24H22O2. The average molecular weight is 342 g/mol. The number of rotatable bonds is 0. The minimum Gasteiger partial charge on any atom is -0.482 e. The van der Waals surface area contributed by atoms with Crippen LogP contribution in [0.2, 0.25) is 0 Å². The van der Waals surface area contributed by atoms with E-state index < -0.39 is 0 Å². The highest BCUT2D eigenvalue weighted by Crippen LogP contribution is 2.52. The largest absolute Gasteiger partial charge is 0.482 e. The highest BCUT2D eigenvalue weighted by molar-refractivity contribution is 5.86. The Balaban J connectivity index is 1.79. The van der Waals surface area contributed by atoms with Crippen LogP contribution in [0.15, 0.2) is 60.7 Å². The van der Waals surface area contributed by atoms with Gasteiger partial charge in [0.15, 0.2) is 0 Å². The van der Waals surface area contributed by atoms with Crippen molar-refractivity contribution < 1.29 is 9.47 Å². The Hall–Kier alpha value is -2.74. The van der Waals surface area contributed by atoms with Crippen molar-refractivity contribution in [1.29, 1.82) is 0 Å². The zero-order valence-electron chi connectivity index (χ0n) is 15.6. The van der Waals surface area contributed by atoms with Gasteiger partial charge in [0.25, 0.3) is 0 Å². The summed E-state index contributed by atoms with van der Waals surface area (Å²) >= 11 is 0. The molecule has 2 aliphatic rings. The van der Waals surface area contributed by atoms with Crippen LogP contribution in [0.1, 0.15) is 38.8 Å². The second-order valence-corrected chi connectivity index (χ2v) is 8.16. The maximum absolute atomic E-state index is 6.42. The third kappa shape index (κ3) is 2.05. The van der Waals surface area contributed by atoms with Crippen LogP contribution < -0.4 is 9.47 Å². The molecular weight excluding hydrogens is 320 g/mol. The van der Waals surface area contributed by atoms with Crippen LogP contribution in [0.3, 0.4) is 0 Å². The minimum absolute atomic E-state index is 0.355. The topological polar surface area (TPSA) is 18.5 Å². The van der Waals surface area contributed by atoms with E-state index in [0.29, 0.717) is 0 Å². The van der Waals surface area contributed by atoms with Gasteiger partial charge in [0, 0.05) is 22.3 Å². The molecule has 2 nitrogen and oxygen atoms in total. The summed E-state index contributed by atoms with van der Waals surface area (Å²) < 4.78 is 12.8. The molecule has 2 heteroatoms. The van der Waals surface area contributed by atoms with Crippen molar-refractivity contribution in [3.63, 3.8) is 0 Å². The summed E-state index contributed by atoms with van der Waals surface area (Å²) in [6, 6.07) is 21.3. The fourth-order valence-corrected chi connectivity index (χ4v) is 4.30. The second-order valence-electron chi connectivity index (χ2n) is 8.16. The Morgan fingerprint density at radius 1 is 0.538 bits per heavy atom. The van der Waals surface area contributed by atoms with Crippen LogP contribution in [-0.2, 0) is 11.2 Å². The number of hydrogen-bond donors (Lipinski definition) is 0. The van der Waals surface area contributed by atoms with Gasteiger partial charge in [0.2, 0.25) is 0 Å². The molecule has 0 saturated heterocycles. The normalized spacial score (nSPS) is 17.7. The maximum atomic E-state index is 6.42. The Labute approximate surface area is 154 Å². The highest BCUT2D eigenvalue weighted by Gasteiger charge is 2.37. The molecule has 0 bridgehead atoms. The predicted octanol–water partition coefficient (Wildman–Crippen LogP) is 6.28. The molecule has 0 N–H and O–H groups in total. The van der Waals surface area contributed by atoms with Crippen molar-refractivity contribution >= 4 is 0 Å². The van der Waals surface area contributed by atoms with Crippen molar-refractivity contribution in [1.82, 2.24) is 0 Å². The van der Waals surface area contributed by atoms with E-state index >= 15 is 0 Å². The molecule has 0 atom stereocenters. The van der Waals surface area contributed by atoms with E-state index in [1.807, 2.05) is 0 Å². The van der Waals surface area contributed by atoms with Gasteiger partial charge < -0.3 is 9.47 Å². The number of benzene rings is 3. The first-order valence-electron chi connectivity index (χ1n) is 9.13. The van der Waals surface area contributed by atoms with Crippen molar-refractivity contribution in [3.8, 4) is 33.8 Å². The molecule has 3 aromatic carbocycles. The highest BCUT2D eigenvalue weighted by atomic mass is 16.5. The van der Waals surface area contributed by atoms with Gasteiger partial charge in [-0.25, -0.2) is 0 Å². The molecule has 3 aromatic rings.